The molecule has 5 nitrogen and oxygen atoms in total. The van der Waals surface area contributed by atoms with Gasteiger partial charge in [0.05, 0.1) is 39.9 Å². The molecule has 0 fully saturated rings. The molecule has 0 aliphatic rings. The summed E-state index contributed by atoms with van der Waals surface area (Å²) in [6.45, 7) is 0. The molecule has 0 bridgehead atoms. The molecule has 0 amide bonds. The van der Waals surface area contributed by atoms with Gasteiger partial charge in [-0.1, -0.05) is 133 Å². The van der Waals surface area contributed by atoms with Crippen molar-refractivity contribution in [2.45, 2.75) is 0 Å². The number of para-hydroxylation sites is 3. The molecule has 0 aliphatic carbocycles. The zero-order valence-electron chi connectivity index (χ0n) is 29.7. The van der Waals surface area contributed by atoms with Crippen LogP contribution in [0.25, 0.3) is 100 Å². The molecule has 11 rings (SSSR count). The Morgan fingerprint density at radius 3 is 1.53 bits per heavy atom. The van der Waals surface area contributed by atoms with E-state index in [0.29, 0.717) is 5.82 Å². The van der Waals surface area contributed by atoms with Gasteiger partial charge in [0.2, 0.25) is 5.71 Å². The smallest absolute Gasteiger partial charge is 0.212 e. The Hall–Kier alpha value is -7.50. The van der Waals surface area contributed by atoms with E-state index in [1.807, 2.05) is 24.3 Å². The first-order chi connectivity index (χ1) is 27.3. The quantitative estimate of drug-likeness (QED) is 0.173. The number of fused-ring (bicyclic) bond motifs is 6. The highest BCUT2D eigenvalue weighted by Crippen LogP contribution is 2.39. The van der Waals surface area contributed by atoms with Gasteiger partial charge in [0, 0.05) is 43.9 Å². The van der Waals surface area contributed by atoms with Crippen molar-refractivity contribution in [2.24, 2.45) is 0 Å². The average molecular weight is 705 g/mol. The van der Waals surface area contributed by atoms with Gasteiger partial charge in [-0.05, 0) is 65.7 Å². The average Bonchev–Trinajstić information content (AvgIpc) is 3.96. The third-order valence-corrected chi connectivity index (χ3v) is 10.6. The fourth-order valence-corrected chi connectivity index (χ4v) is 8.09. The highest BCUT2D eigenvalue weighted by molar-refractivity contribution is 6.10. The fraction of sp³-hybridized carbons (Fsp3) is 0. The Morgan fingerprint density at radius 1 is 0.345 bits per heavy atom. The maximum absolute atomic E-state index is 6.24. The van der Waals surface area contributed by atoms with Gasteiger partial charge in [-0.15, -0.1) is 0 Å². The number of hydrogen-bond acceptors (Lipinski definition) is 3. The zero-order valence-corrected chi connectivity index (χ0v) is 29.7. The second-order valence-electron chi connectivity index (χ2n) is 13.9. The zero-order chi connectivity index (χ0) is 36.3. The topological polar surface area (TPSA) is 48.8 Å². The molecular weight excluding hydrogens is 673 g/mol. The summed E-state index contributed by atoms with van der Waals surface area (Å²) in [5.41, 5.74) is 13.1. The van der Waals surface area contributed by atoms with Gasteiger partial charge in [-0.25, -0.2) is 9.97 Å². The van der Waals surface area contributed by atoms with Gasteiger partial charge in [-0.3, -0.25) is 4.57 Å². The van der Waals surface area contributed by atoms with E-state index in [4.69, 9.17) is 14.4 Å². The molecule has 0 atom stereocenters. The summed E-state index contributed by atoms with van der Waals surface area (Å²) in [5, 5.41) is 4.63. The second kappa shape index (κ2) is 12.6. The van der Waals surface area contributed by atoms with Gasteiger partial charge in [-0.2, -0.15) is 0 Å². The predicted molar refractivity (Wildman–Crippen MR) is 225 cm³/mol. The Morgan fingerprint density at radius 2 is 0.855 bits per heavy atom. The molecule has 258 valence electrons. The predicted octanol–water partition coefficient (Wildman–Crippen LogP) is 12.9. The number of rotatable bonds is 6. The van der Waals surface area contributed by atoms with Gasteiger partial charge in [0.1, 0.15) is 0 Å². The molecule has 0 unspecified atom stereocenters. The summed E-state index contributed by atoms with van der Waals surface area (Å²) >= 11 is 0. The first-order valence-corrected chi connectivity index (χ1v) is 18.5. The van der Waals surface area contributed by atoms with Crippen molar-refractivity contribution in [3.8, 4) is 56.4 Å². The molecule has 55 heavy (non-hydrogen) atoms. The van der Waals surface area contributed by atoms with E-state index in [1.54, 1.807) is 6.26 Å². The van der Waals surface area contributed by atoms with Crippen LogP contribution in [0.1, 0.15) is 0 Å². The van der Waals surface area contributed by atoms with Crippen molar-refractivity contribution in [1.29, 1.82) is 0 Å². The molecule has 5 heteroatoms. The molecule has 4 aromatic heterocycles. The van der Waals surface area contributed by atoms with Crippen molar-refractivity contribution >= 4 is 43.8 Å². The SMILES string of the molecule is c1ccc(-c2cccc(-c3cc(-c4cc(-n5c6ccccc6c6ccccc65)cc(-n5c6ccccc6c6ccoc65)c4)nc(-c4ccccc4)n3)c2)cc1. The Kier molecular flexibility index (Phi) is 7.10. The summed E-state index contributed by atoms with van der Waals surface area (Å²) in [4.78, 5) is 10.5. The second-order valence-corrected chi connectivity index (χ2v) is 13.9. The van der Waals surface area contributed by atoms with Crippen LogP contribution in [0.3, 0.4) is 0 Å². The third kappa shape index (κ3) is 5.17. The van der Waals surface area contributed by atoms with Crippen LogP contribution in [-0.4, -0.2) is 19.1 Å². The lowest BCUT2D eigenvalue weighted by Gasteiger charge is -2.16. The molecule has 0 saturated carbocycles. The van der Waals surface area contributed by atoms with Crippen molar-refractivity contribution in [3.63, 3.8) is 0 Å². The monoisotopic (exact) mass is 704 g/mol. The van der Waals surface area contributed by atoms with Crippen molar-refractivity contribution < 1.29 is 4.42 Å². The van der Waals surface area contributed by atoms with Crippen LogP contribution in [0.2, 0.25) is 0 Å². The van der Waals surface area contributed by atoms with E-state index in [2.05, 4.69) is 173 Å². The first kappa shape index (κ1) is 31.1. The van der Waals surface area contributed by atoms with Crippen LogP contribution >= 0.6 is 0 Å². The van der Waals surface area contributed by atoms with E-state index in [-0.39, 0.29) is 0 Å². The normalized spacial score (nSPS) is 11.6. The van der Waals surface area contributed by atoms with Crippen molar-refractivity contribution in [2.75, 3.05) is 0 Å². The van der Waals surface area contributed by atoms with Gasteiger partial charge < -0.3 is 8.98 Å². The fourth-order valence-electron chi connectivity index (χ4n) is 8.09. The first-order valence-electron chi connectivity index (χ1n) is 18.5. The van der Waals surface area contributed by atoms with Crippen molar-refractivity contribution in [3.05, 3.63) is 194 Å². The summed E-state index contributed by atoms with van der Waals surface area (Å²) in [6, 6.07) is 66.0. The molecule has 0 radical (unpaired) electrons. The highest BCUT2D eigenvalue weighted by atomic mass is 16.3. The van der Waals surface area contributed by atoms with Crippen LogP contribution in [0.4, 0.5) is 0 Å². The minimum absolute atomic E-state index is 0.668. The number of aromatic nitrogens is 4. The standard InChI is InChI=1S/C50H32N4O/c1-3-14-33(15-4-1)35-18-13-19-36(28-35)44-32-45(52-49(51-44)34-16-5-2-6-17-34)37-29-38(53-46-23-10-7-20-40(46)41-21-8-11-24-47(41)53)31-39(30-37)54-48-25-12-9-22-42(48)43-26-27-55-50(43)54/h1-32H. The minimum atomic E-state index is 0.668. The molecular formula is C50H32N4O. The summed E-state index contributed by atoms with van der Waals surface area (Å²) in [7, 11) is 0. The number of furan rings is 1. The minimum Gasteiger partial charge on any atom is -0.447 e. The van der Waals surface area contributed by atoms with E-state index < -0.39 is 0 Å². The molecule has 0 N–H and O–H groups in total. The van der Waals surface area contributed by atoms with E-state index in [1.165, 1.54) is 10.8 Å². The summed E-state index contributed by atoms with van der Waals surface area (Å²) < 4.78 is 10.8. The summed E-state index contributed by atoms with van der Waals surface area (Å²) in [5.74, 6) is 0.668. The molecule has 0 spiro atoms. The van der Waals surface area contributed by atoms with Gasteiger partial charge in [0.15, 0.2) is 5.82 Å². The maximum atomic E-state index is 6.24. The lowest BCUT2D eigenvalue weighted by atomic mass is 10.0. The largest absolute Gasteiger partial charge is 0.447 e. The van der Waals surface area contributed by atoms with E-state index in [9.17, 15) is 0 Å². The Bertz CT molecular complexity index is 3150. The highest BCUT2D eigenvalue weighted by Gasteiger charge is 2.20. The number of hydrogen-bond donors (Lipinski definition) is 0. The van der Waals surface area contributed by atoms with Crippen LogP contribution in [0.15, 0.2) is 199 Å². The molecule has 0 saturated heterocycles. The lowest BCUT2D eigenvalue weighted by molar-refractivity contribution is 0.596. The van der Waals surface area contributed by atoms with Crippen molar-refractivity contribution in [1.82, 2.24) is 19.1 Å². The van der Waals surface area contributed by atoms with Crippen LogP contribution < -0.4 is 0 Å². The van der Waals surface area contributed by atoms with Crippen LogP contribution in [-0.2, 0) is 0 Å². The van der Waals surface area contributed by atoms with E-state index in [0.717, 1.165) is 83.6 Å². The molecule has 4 heterocycles. The molecule has 0 aliphatic heterocycles. The Balaban J connectivity index is 1.20. The van der Waals surface area contributed by atoms with Crippen LogP contribution in [0, 0.1) is 0 Å². The number of benzene rings is 7. The third-order valence-electron chi connectivity index (χ3n) is 10.6. The van der Waals surface area contributed by atoms with Crippen LogP contribution in [0.5, 0.6) is 0 Å². The lowest BCUT2D eigenvalue weighted by Crippen LogP contribution is -2.01. The molecule has 7 aromatic carbocycles. The van der Waals surface area contributed by atoms with E-state index >= 15 is 0 Å². The summed E-state index contributed by atoms with van der Waals surface area (Å²) in [6.07, 6.45) is 1.78. The molecule has 11 aromatic rings. The van der Waals surface area contributed by atoms with Gasteiger partial charge >= 0.3 is 0 Å². The van der Waals surface area contributed by atoms with Gasteiger partial charge in [0.25, 0.3) is 0 Å². The maximum Gasteiger partial charge on any atom is 0.212 e. The Labute approximate surface area is 317 Å². The number of nitrogens with zero attached hydrogens (tertiary/aromatic N) is 4.